The van der Waals surface area contributed by atoms with Crippen LogP contribution in [0.15, 0.2) is 0 Å². The van der Waals surface area contributed by atoms with E-state index in [4.69, 9.17) is 4.74 Å². The predicted octanol–water partition coefficient (Wildman–Crippen LogP) is 1.16. The summed E-state index contributed by atoms with van der Waals surface area (Å²) in [5, 5.41) is 3.24. The van der Waals surface area contributed by atoms with Crippen LogP contribution >= 0.6 is 0 Å². The van der Waals surface area contributed by atoms with Gasteiger partial charge in [-0.2, -0.15) is 0 Å². The number of amides is 1. The van der Waals surface area contributed by atoms with E-state index in [1.807, 2.05) is 4.90 Å². The molecule has 98 valence electrons. The highest BCUT2D eigenvalue weighted by Gasteiger charge is 2.17. The van der Waals surface area contributed by atoms with Crippen LogP contribution in [0.4, 0.5) is 0 Å². The SMILES string of the molecule is O=C(CNCCCC1CCCO1)N1CCCC1. The van der Waals surface area contributed by atoms with Gasteiger partial charge in [0.2, 0.25) is 5.91 Å². The van der Waals surface area contributed by atoms with Crippen molar-refractivity contribution in [2.75, 3.05) is 32.8 Å². The Morgan fingerprint density at radius 1 is 1.29 bits per heavy atom. The molecule has 4 nitrogen and oxygen atoms in total. The van der Waals surface area contributed by atoms with Gasteiger partial charge in [0.1, 0.15) is 0 Å². The second-order valence-corrected chi connectivity index (χ2v) is 5.04. The second-order valence-electron chi connectivity index (χ2n) is 5.04. The van der Waals surface area contributed by atoms with Gasteiger partial charge in [-0.15, -0.1) is 0 Å². The Morgan fingerprint density at radius 2 is 2.12 bits per heavy atom. The molecule has 2 heterocycles. The minimum Gasteiger partial charge on any atom is -0.378 e. The van der Waals surface area contributed by atoms with Gasteiger partial charge in [-0.05, 0) is 45.1 Å². The molecule has 0 aromatic rings. The van der Waals surface area contributed by atoms with Gasteiger partial charge in [0, 0.05) is 19.7 Å². The van der Waals surface area contributed by atoms with E-state index < -0.39 is 0 Å². The van der Waals surface area contributed by atoms with Crippen LogP contribution in [0.2, 0.25) is 0 Å². The first kappa shape index (κ1) is 12.8. The first-order valence-corrected chi connectivity index (χ1v) is 6.96. The van der Waals surface area contributed by atoms with Crippen molar-refractivity contribution in [1.29, 1.82) is 0 Å². The lowest BCUT2D eigenvalue weighted by molar-refractivity contribution is -0.129. The zero-order chi connectivity index (χ0) is 11.9. The van der Waals surface area contributed by atoms with Gasteiger partial charge in [-0.25, -0.2) is 0 Å². The highest BCUT2D eigenvalue weighted by molar-refractivity contribution is 5.78. The fraction of sp³-hybridized carbons (Fsp3) is 0.923. The third-order valence-corrected chi connectivity index (χ3v) is 3.64. The fourth-order valence-electron chi connectivity index (χ4n) is 2.60. The molecular formula is C13H24N2O2. The number of carbonyl (C=O) groups is 1. The largest absolute Gasteiger partial charge is 0.378 e. The van der Waals surface area contributed by atoms with Gasteiger partial charge in [0.25, 0.3) is 0 Å². The number of ether oxygens (including phenoxy) is 1. The summed E-state index contributed by atoms with van der Waals surface area (Å²) < 4.78 is 5.56. The number of carbonyl (C=O) groups excluding carboxylic acids is 1. The van der Waals surface area contributed by atoms with E-state index in [0.717, 1.165) is 39.1 Å². The summed E-state index contributed by atoms with van der Waals surface area (Å²) >= 11 is 0. The normalized spacial score (nSPS) is 24.5. The van der Waals surface area contributed by atoms with Crippen molar-refractivity contribution in [1.82, 2.24) is 10.2 Å². The van der Waals surface area contributed by atoms with Gasteiger partial charge >= 0.3 is 0 Å². The predicted molar refractivity (Wildman–Crippen MR) is 66.9 cm³/mol. The summed E-state index contributed by atoms with van der Waals surface area (Å²) in [5.41, 5.74) is 0. The van der Waals surface area contributed by atoms with Crippen molar-refractivity contribution >= 4 is 5.91 Å². The van der Waals surface area contributed by atoms with Crippen LogP contribution in [-0.4, -0.2) is 49.7 Å². The van der Waals surface area contributed by atoms with Crippen LogP contribution in [-0.2, 0) is 9.53 Å². The molecule has 0 aromatic carbocycles. The lowest BCUT2D eigenvalue weighted by Crippen LogP contribution is -2.36. The van der Waals surface area contributed by atoms with E-state index >= 15 is 0 Å². The molecule has 4 heteroatoms. The molecular weight excluding hydrogens is 216 g/mol. The van der Waals surface area contributed by atoms with Crippen molar-refractivity contribution in [3.8, 4) is 0 Å². The molecule has 1 amide bonds. The van der Waals surface area contributed by atoms with E-state index in [0.29, 0.717) is 12.6 Å². The molecule has 0 spiro atoms. The Kier molecular flexibility index (Phi) is 5.26. The summed E-state index contributed by atoms with van der Waals surface area (Å²) in [5.74, 6) is 0.264. The minimum absolute atomic E-state index is 0.264. The third-order valence-electron chi connectivity index (χ3n) is 3.64. The van der Waals surface area contributed by atoms with Crippen molar-refractivity contribution in [3.05, 3.63) is 0 Å². The molecule has 1 atom stereocenters. The topological polar surface area (TPSA) is 41.6 Å². The van der Waals surface area contributed by atoms with Crippen molar-refractivity contribution in [2.24, 2.45) is 0 Å². The van der Waals surface area contributed by atoms with Gasteiger partial charge < -0.3 is 15.0 Å². The first-order valence-electron chi connectivity index (χ1n) is 6.96. The maximum atomic E-state index is 11.7. The molecule has 0 aliphatic carbocycles. The smallest absolute Gasteiger partial charge is 0.236 e. The number of nitrogens with zero attached hydrogens (tertiary/aromatic N) is 1. The van der Waals surface area contributed by atoms with Gasteiger partial charge in [0.05, 0.1) is 12.6 Å². The molecule has 17 heavy (non-hydrogen) atoms. The zero-order valence-corrected chi connectivity index (χ0v) is 10.6. The second kappa shape index (κ2) is 6.97. The molecule has 2 fully saturated rings. The summed E-state index contributed by atoms with van der Waals surface area (Å²) in [6.45, 7) is 4.28. The number of hydrogen-bond donors (Lipinski definition) is 1. The number of nitrogens with one attached hydrogen (secondary N) is 1. The molecule has 2 saturated heterocycles. The van der Waals surface area contributed by atoms with Gasteiger partial charge in [-0.1, -0.05) is 0 Å². The quantitative estimate of drug-likeness (QED) is 0.708. The lowest BCUT2D eigenvalue weighted by atomic mass is 10.1. The fourth-order valence-corrected chi connectivity index (χ4v) is 2.60. The number of rotatable bonds is 6. The molecule has 1 N–H and O–H groups in total. The number of hydrogen-bond acceptors (Lipinski definition) is 3. The Morgan fingerprint density at radius 3 is 2.82 bits per heavy atom. The van der Waals surface area contributed by atoms with Crippen LogP contribution in [0.5, 0.6) is 0 Å². The highest BCUT2D eigenvalue weighted by Crippen LogP contribution is 2.16. The average molecular weight is 240 g/mol. The van der Waals surface area contributed by atoms with Gasteiger partial charge in [0.15, 0.2) is 0 Å². The Hall–Kier alpha value is -0.610. The first-order chi connectivity index (χ1) is 8.36. The molecule has 2 aliphatic heterocycles. The van der Waals surface area contributed by atoms with Crippen LogP contribution < -0.4 is 5.32 Å². The minimum atomic E-state index is 0.264. The molecule has 0 radical (unpaired) electrons. The third kappa shape index (κ3) is 4.28. The Bertz CT molecular complexity index is 234. The lowest BCUT2D eigenvalue weighted by Gasteiger charge is -2.15. The number of likely N-dealkylation sites (tertiary alicyclic amines) is 1. The highest BCUT2D eigenvalue weighted by atomic mass is 16.5. The summed E-state index contributed by atoms with van der Waals surface area (Å²) in [4.78, 5) is 13.7. The van der Waals surface area contributed by atoms with E-state index in [2.05, 4.69) is 5.32 Å². The maximum absolute atomic E-state index is 11.7. The van der Waals surface area contributed by atoms with Crippen molar-refractivity contribution in [2.45, 2.75) is 44.6 Å². The molecule has 2 aliphatic rings. The molecule has 2 rings (SSSR count). The Balaban J connectivity index is 1.46. The van der Waals surface area contributed by atoms with E-state index in [1.165, 1.54) is 25.7 Å². The van der Waals surface area contributed by atoms with Crippen LogP contribution in [0.25, 0.3) is 0 Å². The van der Waals surface area contributed by atoms with Crippen LogP contribution in [0.1, 0.15) is 38.5 Å². The van der Waals surface area contributed by atoms with Crippen LogP contribution in [0, 0.1) is 0 Å². The monoisotopic (exact) mass is 240 g/mol. The van der Waals surface area contributed by atoms with Crippen LogP contribution in [0.3, 0.4) is 0 Å². The molecule has 0 aromatic heterocycles. The molecule has 0 bridgehead atoms. The summed E-state index contributed by atoms with van der Waals surface area (Å²) in [6.07, 6.45) is 7.49. The zero-order valence-electron chi connectivity index (χ0n) is 10.6. The van der Waals surface area contributed by atoms with E-state index in [-0.39, 0.29) is 5.91 Å². The van der Waals surface area contributed by atoms with E-state index in [9.17, 15) is 4.79 Å². The van der Waals surface area contributed by atoms with E-state index in [1.54, 1.807) is 0 Å². The molecule has 0 saturated carbocycles. The average Bonchev–Trinajstić information content (AvgIpc) is 3.01. The van der Waals surface area contributed by atoms with Gasteiger partial charge in [-0.3, -0.25) is 4.79 Å². The van der Waals surface area contributed by atoms with Crippen molar-refractivity contribution in [3.63, 3.8) is 0 Å². The standard InChI is InChI=1S/C13H24N2O2/c16-13(15-8-1-2-9-15)11-14-7-3-5-12-6-4-10-17-12/h12,14H,1-11H2. The maximum Gasteiger partial charge on any atom is 0.236 e. The Labute approximate surface area is 104 Å². The summed E-state index contributed by atoms with van der Waals surface area (Å²) in [7, 11) is 0. The molecule has 1 unspecified atom stereocenters. The summed E-state index contributed by atoms with van der Waals surface area (Å²) in [6, 6.07) is 0. The van der Waals surface area contributed by atoms with Crippen molar-refractivity contribution < 1.29 is 9.53 Å².